The van der Waals surface area contributed by atoms with Crippen molar-refractivity contribution in [2.75, 3.05) is 30.9 Å². The van der Waals surface area contributed by atoms with Crippen LogP contribution in [0.1, 0.15) is 19.5 Å². The summed E-state index contributed by atoms with van der Waals surface area (Å²) < 4.78 is 1.13. The molecule has 0 aromatic carbocycles. The predicted octanol–water partition coefficient (Wildman–Crippen LogP) is 2.14. The number of hydrogen-bond acceptors (Lipinski definition) is 4. The first kappa shape index (κ1) is 12.5. The molecule has 0 bridgehead atoms. The second-order valence-electron chi connectivity index (χ2n) is 3.41. The molecule has 1 rings (SSSR count). The van der Waals surface area contributed by atoms with Gasteiger partial charge in [-0.05, 0) is 35.9 Å². The van der Waals surface area contributed by atoms with Crippen LogP contribution >= 0.6 is 22.6 Å². The Kier molecular flexibility index (Phi) is 4.56. The maximum atomic E-state index is 4.50. The Morgan fingerprint density at radius 3 is 2.40 bits per heavy atom. The molecule has 1 N–H and O–H groups in total. The fraction of sp³-hybridized carbons (Fsp3) is 0.600. The highest BCUT2D eigenvalue weighted by atomic mass is 127. The number of nitrogens with zero attached hydrogens (tertiary/aromatic N) is 3. The molecule has 4 nitrogen and oxygen atoms in total. The molecule has 1 aromatic rings. The van der Waals surface area contributed by atoms with Crippen LogP contribution in [-0.2, 0) is 6.42 Å². The van der Waals surface area contributed by atoms with Crippen molar-refractivity contribution < 1.29 is 0 Å². The topological polar surface area (TPSA) is 41.1 Å². The van der Waals surface area contributed by atoms with Crippen LogP contribution in [0.15, 0.2) is 0 Å². The molecular weight excluding hydrogens is 303 g/mol. The summed E-state index contributed by atoms with van der Waals surface area (Å²) in [6, 6.07) is 0. The molecule has 0 fully saturated rings. The van der Waals surface area contributed by atoms with Crippen LogP contribution in [0, 0.1) is 3.57 Å². The molecule has 84 valence electrons. The zero-order valence-corrected chi connectivity index (χ0v) is 11.8. The van der Waals surface area contributed by atoms with Crippen LogP contribution in [0.25, 0.3) is 0 Å². The lowest BCUT2D eigenvalue weighted by molar-refractivity contribution is 0.926. The van der Waals surface area contributed by atoms with Crippen molar-refractivity contribution in [3.8, 4) is 0 Å². The van der Waals surface area contributed by atoms with E-state index in [0.717, 1.165) is 34.0 Å². The zero-order chi connectivity index (χ0) is 11.4. The third kappa shape index (κ3) is 2.93. The Balaban J connectivity index is 3.19. The van der Waals surface area contributed by atoms with Crippen LogP contribution in [-0.4, -0.2) is 30.6 Å². The van der Waals surface area contributed by atoms with Gasteiger partial charge in [-0.2, -0.15) is 4.98 Å². The lowest BCUT2D eigenvalue weighted by Crippen LogP contribution is -2.16. The first-order chi connectivity index (χ1) is 7.10. The van der Waals surface area contributed by atoms with Crippen LogP contribution in [0.2, 0.25) is 0 Å². The van der Waals surface area contributed by atoms with Crippen molar-refractivity contribution in [2.45, 2.75) is 20.3 Å². The van der Waals surface area contributed by atoms with Crippen molar-refractivity contribution in [3.05, 3.63) is 9.26 Å². The highest BCUT2D eigenvalue weighted by molar-refractivity contribution is 14.1. The minimum absolute atomic E-state index is 0.767. The number of nitrogens with one attached hydrogen (secondary N) is 1. The van der Waals surface area contributed by atoms with Crippen molar-refractivity contribution >= 4 is 34.4 Å². The van der Waals surface area contributed by atoms with Gasteiger partial charge in [0.25, 0.3) is 0 Å². The SMILES string of the molecule is CCNc1nc(N(C)C)nc(CC)c1I. The van der Waals surface area contributed by atoms with Crippen molar-refractivity contribution in [3.63, 3.8) is 0 Å². The van der Waals surface area contributed by atoms with E-state index >= 15 is 0 Å². The third-order valence-electron chi connectivity index (χ3n) is 1.99. The van der Waals surface area contributed by atoms with Gasteiger partial charge in [0.15, 0.2) is 0 Å². The lowest BCUT2D eigenvalue weighted by atomic mass is 10.3. The highest BCUT2D eigenvalue weighted by Crippen LogP contribution is 2.22. The molecule has 0 unspecified atom stereocenters. The van der Waals surface area contributed by atoms with E-state index < -0.39 is 0 Å². The fourth-order valence-corrected chi connectivity index (χ4v) is 2.01. The third-order valence-corrected chi connectivity index (χ3v) is 3.12. The number of rotatable bonds is 4. The minimum atomic E-state index is 0.767. The standard InChI is InChI=1S/C10H17IN4/c1-5-7-8(11)9(12-6-2)14-10(13-7)15(3)4/h5-6H2,1-4H3,(H,12,13,14). The van der Waals surface area contributed by atoms with Gasteiger partial charge in [0.1, 0.15) is 5.82 Å². The van der Waals surface area contributed by atoms with Gasteiger partial charge in [-0.1, -0.05) is 6.92 Å². The summed E-state index contributed by atoms with van der Waals surface area (Å²) in [6.07, 6.45) is 0.931. The highest BCUT2D eigenvalue weighted by Gasteiger charge is 2.11. The number of aryl methyl sites for hydroxylation is 1. The average molecular weight is 320 g/mol. The largest absolute Gasteiger partial charge is 0.369 e. The van der Waals surface area contributed by atoms with E-state index in [9.17, 15) is 0 Å². The molecule has 0 atom stereocenters. The second kappa shape index (κ2) is 5.48. The normalized spacial score (nSPS) is 10.2. The summed E-state index contributed by atoms with van der Waals surface area (Å²) >= 11 is 2.30. The van der Waals surface area contributed by atoms with E-state index in [2.05, 4.69) is 51.7 Å². The Hall–Kier alpha value is -0.590. The van der Waals surface area contributed by atoms with Crippen LogP contribution in [0.3, 0.4) is 0 Å². The lowest BCUT2D eigenvalue weighted by Gasteiger charge is -2.15. The van der Waals surface area contributed by atoms with Gasteiger partial charge in [-0.25, -0.2) is 4.98 Å². The van der Waals surface area contributed by atoms with E-state index in [-0.39, 0.29) is 0 Å². The van der Waals surface area contributed by atoms with Crippen molar-refractivity contribution in [1.29, 1.82) is 0 Å². The molecule has 15 heavy (non-hydrogen) atoms. The summed E-state index contributed by atoms with van der Waals surface area (Å²) in [5, 5.41) is 3.26. The fourth-order valence-electron chi connectivity index (χ4n) is 1.20. The van der Waals surface area contributed by atoms with Gasteiger partial charge in [0.2, 0.25) is 5.95 Å². The summed E-state index contributed by atoms with van der Waals surface area (Å²) in [7, 11) is 3.91. The smallest absolute Gasteiger partial charge is 0.227 e. The Labute approximate surface area is 105 Å². The van der Waals surface area contributed by atoms with E-state index in [0.29, 0.717) is 0 Å². The van der Waals surface area contributed by atoms with Gasteiger partial charge >= 0.3 is 0 Å². The maximum absolute atomic E-state index is 4.50. The van der Waals surface area contributed by atoms with E-state index in [1.54, 1.807) is 0 Å². The molecule has 0 aliphatic carbocycles. The van der Waals surface area contributed by atoms with Gasteiger partial charge < -0.3 is 10.2 Å². The van der Waals surface area contributed by atoms with E-state index in [1.807, 2.05) is 19.0 Å². The molecule has 0 aliphatic rings. The summed E-state index contributed by atoms with van der Waals surface area (Å²) in [4.78, 5) is 10.9. The van der Waals surface area contributed by atoms with Gasteiger partial charge in [0.05, 0.1) is 9.26 Å². The molecule has 0 spiro atoms. The van der Waals surface area contributed by atoms with Crippen molar-refractivity contribution in [2.24, 2.45) is 0 Å². The second-order valence-corrected chi connectivity index (χ2v) is 4.49. The average Bonchev–Trinajstić information content (AvgIpc) is 2.21. The Bertz CT molecular complexity index is 338. The van der Waals surface area contributed by atoms with Crippen LogP contribution in [0.5, 0.6) is 0 Å². The van der Waals surface area contributed by atoms with Crippen LogP contribution < -0.4 is 10.2 Å². The molecule has 0 radical (unpaired) electrons. The molecule has 0 saturated heterocycles. The Morgan fingerprint density at radius 2 is 1.93 bits per heavy atom. The number of anilines is 2. The van der Waals surface area contributed by atoms with Gasteiger partial charge in [-0.3, -0.25) is 0 Å². The van der Waals surface area contributed by atoms with Gasteiger partial charge in [0, 0.05) is 20.6 Å². The van der Waals surface area contributed by atoms with Crippen LogP contribution in [0.4, 0.5) is 11.8 Å². The maximum Gasteiger partial charge on any atom is 0.227 e. The molecule has 1 aromatic heterocycles. The number of aromatic nitrogens is 2. The molecule has 0 amide bonds. The number of halogens is 1. The van der Waals surface area contributed by atoms with Crippen molar-refractivity contribution in [1.82, 2.24) is 9.97 Å². The quantitative estimate of drug-likeness (QED) is 0.863. The monoisotopic (exact) mass is 320 g/mol. The van der Waals surface area contributed by atoms with E-state index in [1.165, 1.54) is 0 Å². The molecule has 5 heteroatoms. The summed E-state index contributed by atoms with van der Waals surface area (Å²) in [5.41, 5.74) is 1.10. The van der Waals surface area contributed by atoms with E-state index in [4.69, 9.17) is 0 Å². The Morgan fingerprint density at radius 1 is 1.27 bits per heavy atom. The van der Waals surface area contributed by atoms with Gasteiger partial charge in [-0.15, -0.1) is 0 Å². The predicted molar refractivity (Wildman–Crippen MR) is 72.6 cm³/mol. The molecule has 0 saturated carbocycles. The molecular formula is C10H17IN4. The summed E-state index contributed by atoms with van der Waals surface area (Å²) in [5.74, 6) is 1.71. The molecule has 1 heterocycles. The first-order valence-corrected chi connectivity index (χ1v) is 6.15. The zero-order valence-electron chi connectivity index (χ0n) is 9.63. The summed E-state index contributed by atoms with van der Waals surface area (Å²) in [6.45, 7) is 5.06. The molecule has 0 aliphatic heterocycles. The minimum Gasteiger partial charge on any atom is -0.369 e. The first-order valence-electron chi connectivity index (χ1n) is 5.07. The number of hydrogen-bond donors (Lipinski definition) is 1.